The second kappa shape index (κ2) is 6.99. The topological polar surface area (TPSA) is 92.4 Å². The van der Waals surface area contributed by atoms with Gasteiger partial charge in [0.2, 0.25) is 0 Å². The van der Waals surface area contributed by atoms with Crippen LogP contribution in [0.3, 0.4) is 0 Å². The number of hydrogen-bond donors (Lipinski definition) is 3. The fraction of sp³-hybridized carbons (Fsp3) is 0.143. The van der Waals surface area contributed by atoms with E-state index in [0.717, 1.165) is 0 Å². The van der Waals surface area contributed by atoms with E-state index >= 15 is 0 Å². The van der Waals surface area contributed by atoms with Crippen molar-refractivity contribution in [3.63, 3.8) is 0 Å². The van der Waals surface area contributed by atoms with Gasteiger partial charge < -0.3 is 14.5 Å². The number of rotatable bonds is 5. The SMILES string of the molecule is COc1ccc(OCC(=O)NNC(=O)c2ccc[nH]2)cc1. The molecule has 0 radical (unpaired) electrons. The van der Waals surface area contributed by atoms with E-state index in [1.807, 2.05) is 0 Å². The molecular formula is C14H15N3O4. The zero-order valence-electron chi connectivity index (χ0n) is 11.4. The number of hydrogen-bond acceptors (Lipinski definition) is 4. The maximum Gasteiger partial charge on any atom is 0.286 e. The van der Waals surface area contributed by atoms with Crippen LogP contribution in [-0.2, 0) is 4.79 Å². The van der Waals surface area contributed by atoms with E-state index in [0.29, 0.717) is 17.2 Å². The molecule has 0 spiro atoms. The number of H-pyrrole nitrogens is 1. The average molecular weight is 289 g/mol. The van der Waals surface area contributed by atoms with E-state index in [1.54, 1.807) is 49.7 Å². The first-order chi connectivity index (χ1) is 10.2. The van der Waals surface area contributed by atoms with Crippen molar-refractivity contribution in [2.45, 2.75) is 0 Å². The predicted molar refractivity (Wildman–Crippen MR) is 74.9 cm³/mol. The van der Waals surface area contributed by atoms with Gasteiger partial charge in [-0.2, -0.15) is 0 Å². The number of ether oxygens (including phenoxy) is 2. The molecule has 1 heterocycles. The third-order valence-electron chi connectivity index (χ3n) is 2.59. The lowest BCUT2D eigenvalue weighted by Crippen LogP contribution is -2.43. The van der Waals surface area contributed by atoms with E-state index < -0.39 is 11.8 Å². The molecule has 0 unspecified atom stereocenters. The van der Waals surface area contributed by atoms with E-state index in [4.69, 9.17) is 9.47 Å². The Morgan fingerprint density at radius 2 is 1.81 bits per heavy atom. The number of nitrogens with one attached hydrogen (secondary N) is 3. The minimum absolute atomic E-state index is 0.211. The summed E-state index contributed by atoms with van der Waals surface area (Å²) in [6.45, 7) is -0.211. The number of aromatic nitrogens is 1. The van der Waals surface area contributed by atoms with E-state index in [9.17, 15) is 9.59 Å². The van der Waals surface area contributed by atoms with Crippen LogP contribution in [0.5, 0.6) is 11.5 Å². The Kier molecular flexibility index (Phi) is 4.81. The molecule has 1 aromatic heterocycles. The molecule has 7 heteroatoms. The molecule has 0 fully saturated rings. The van der Waals surface area contributed by atoms with Crippen molar-refractivity contribution < 1.29 is 19.1 Å². The quantitative estimate of drug-likeness (QED) is 0.712. The van der Waals surface area contributed by atoms with Crippen molar-refractivity contribution in [3.05, 3.63) is 48.3 Å². The lowest BCUT2D eigenvalue weighted by Gasteiger charge is -2.08. The number of methoxy groups -OCH3 is 1. The van der Waals surface area contributed by atoms with Gasteiger partial charge >= 0.3 is 0 Å². The van der Waals surface area contributed by atoms with Gasteiger partial charge in [-0.3, -0.25) is 20.4 Å². The molecule has 0 saturated heterocycles. The maximum absolute atomic E-state index is 11.5. The Balaban J connectivity index is 1.73. The van der Waals surface area contributed by atoms with E-state index in [1.165, 1.54) is 0 Å². The zero-order valence-corrected chi connectivity index (χ0v) is 11.4. The normalized spacial score (nSPS) is 9.76. The first-order valence-corrected chi connectivity index (χ1v) is 6.18. The summed E-state index contributed by atoms with van der Waals surface area (Å²) in [5, 5.41) is 0. The monoisotopic (exact) mass is 289 g/mol. The van der Waals surface area contributed by atoms with E-state index in [-0.39, 0.29) is 6.61 Å². The predicted octanol–water partition coefficient (Wildman–Crippen LogP) is 0.863. The Labute approximate surface area is 121 Å². The molecule has 7 nitrogen and oxygen atoms in total. The maximum atomic E-state index is 11.5. The Morgan fingerprint density at radius 3 is 2.43 bits per heavy atom. The van der Waals surface area contributed by atoms with Gasteiger partial charge in [0.05, 0.1) is 7.11 Å². The molecule has 0 atom stereocenters. The highest BCUT2D eigenvalue weighted by Gasteiger charge is 2.08. The summed E-state index contributed by atoms with van der Waals surface area (Å²) in [5.41, 5.74) is 4.88. The number of hydrazine groups is 1. The molecule has 0 aliphatic carbocycles. The fourth-order valence-corrected chi connectivity index (χ4v) is 1.52. The van der Waals surface area contributed by atoms with Crippen LogP contribution in [0.4, 0.5) is 0 Å². The molecular weight excluding hydrogens is 274 g/mol. The van der Waals surface area contributed by atoms with E-state index in [2.05, 4.69) is 15.8 Å². The highest BCUT2D eigenvalue weighted by molar-refractivity contribution is 5.93. The summed E-state index contributed by atoms with van der Waals surface area (Å²) in [6.07, 6.45) is 1.61. The molecule has 3 N–H and O–H groups in total. The number of carbonyl (C=O) groups is 2. The smallest absolute Gasteiger partial charge is 0.286 e. The van der Waals surface area contributed by atoms with Crippen molar-refractivity contribution in [1.29, 1.82) is 0 Å². The van der Waals surface area contributed by atoms with Crippen molar-refractivity contribution in [2.75, 3.05) is 13.7 Å². The summed E-state index contributed by atoms with van der Waals surface area (Å²) in [7, 11) is 1.57. The molecule has 1 aromatic carbocycles. The van der Waals surface area contributed by atoms with Gasteiger partial charge in [0, 0.05) is 6.20 Å². The summed E-state index contributed by atoms with van der Waals surface area (Å²) >= 11 is 0. The molecule has 0 aliphatic heterocycles. The highest BCUT2D eigenvalue weighted by atomic mass is 16.5. The number of amides is 2. The third-order valence-corrected chi connectivity index (χ3v) is 2.59. The van der Waals surface area contributed by atoms with Crippen LogP contribution in [0.15, 0.2) is 42.6 Å². The summed E-state index contributed by atoms with van der Waals surface area (Å²) < 4.78 is 10.3. The standard InChI is InChI=1S/C14H15N3O4/c1-20-10-4-6-11(7-5-10)21-9-13(18)16-17-14(19)12-3-2-8-15-12/h2-8,15H,9H2,1H3,(H,16,18)(H,17,19). The molecule has 2 rings (SSSR count). The van der Waals surface area contributed by atoms with Gasteiger partial charge in [0.25, 0.3) is 11.8 Å². The van der Waals surface area contributed by atoms with Crippen molar-refractivity contribution in [3.8, 4) is 11.5 Å². The largest absolute Gasteiger partial charge is 0.497 e. The molecule has 2 aromatic rings. The van der Waals surface area contributed by atoms with Crippen LogP contribution in [0.2, 0.25) is 0 Å². The van der Waals surface area contributed by atoms with Gasteiger partial charge in [-0.25, -0.2) is 0 Å². The Morgan fingerprint density at radius 1 is 1.10 bits per heavy atom. The first-order valence-electron chi connectivity index (χ1n) is 6.18. The van der Waals surface area contributed by atoms with Gasteiger partial charge in [0.1, 0.15) is 17.2 Å². The number of benzene rings is 1. The number of carbonyl (C=O) groups excluding carboxylic acids is 2. The Bertz CT molecular complexity index is 593. The van der Waals surface area contributed by atoms with Gasteiger partial charge in [-0.1, -0.05) is 0 Å². The molecule has 110 valence electrons. The first kappa shape index (κ1) is 14.4. The van der Waals surface area contributed by atoms with Crippen LogP contribution in [0.25, 0.3) is 0 Å². The summed E-state index contributed by atoms with van der Waals surface area (Å²) in [6, 6.07) is 10.1. The summed E-state index contributed by atoms with van der Waals surface area (Å²) in [5.74, 6) is 0.329. The third kappa shape index (κ3) is 4.27. The lowest BCUT2D eigenvalue weighted by molar-refractivity contribution is -0.123. The van der Waals surface area contributed by atoms with Crippen LogP contribution in [0, 0.1) is 0 Å². The van der Waals surface area contributed by atoms with Crippen LogP contribution >= 0.6 is 0 Å². The van der Waals surface area contributed by atoms with Crippen molar-refractivity contribution >= 4 is 11.8 Å². The van der Waals surface area contributed by atoms with Crippen LogP contribution in [0.1, 0.15) is 10.5 Å². The fourth-order valence-electron chi connectivity index (χ4n) is 1.52. The molecule has 0 saturated carbocycles. The zero-order chi connectivity index (χ0) is 15.1. The summed E-state index contributed by atoms with van der Waals surface area (Å²) in [4.78, 5) is 25.8. The second-order valence-corrected chi connectivity index (χ2v) is 4.05. The minimum Gasteiger partial charge on any atom is -0.497 e. The van der Waals surface area contributed by atoms with Gasteiger partial charge in [0.15, 0.2) is 6.61 Å². The molecule has 0 bridgehead atoms. The lowest BCUT2D eigenvalue weighted by atomic mass is 10.3. The van der Waals surface area contributed by atoms with Crippen LogP contribution in [-0.4, -0.2) is 30.5 Å². The molecule has 21 heavy (non-hydrogen) atoms. The van der Waals surface area contributed by atoms with Gasteiger partial charge in [-0.15, -0.1) is 0 Å². The van der Waals surface area contributed by atoms with Gasteiger partial charge in [-0.05, 0) is 36.4 Å². The number of aromatic amines is 1. The second-order valence-electron chi connectivity index (χ2n) is 4.05. The molecule has 2 amide bonds. The molecule has 0 aliphatic rings. The van der Waals surface area contributed by atoms with Crippen molar-refractivity contribution in [1.82, 2.24) is 15.8 Å². The average Bonchev–Trinajstić information content (AvgIpc) is 3.05. The Hall–Kier alpha value is -2.96. The van der Waals surface area contributed by atoms with Crippen molar-refractivity contribution in [2.24, 2.45) is 0 Å². The highest BCUT2D eigenvalue weighted by Crippen LogP contribution is 2.16. The minimum atomic E-state index is -0.467. The van der Waals surface area contributed by atoms with Crippen LogP contribution < -0.4 is 20.3 Å².